The van der Waals surface area contributed by atoms with Crippen molar-refractivity contribution in [2.75, 3.05) is 0 Å². The Morgan fingerprint density at radius 3 is 0.222 bits per heavy atom. The van der Waals surface area contributed by atoms with Gasteiger partial charge in [-0.05, 0) is 0 Å². The average Bonchev–Trinajstić information content (AvgIpc) is 0. The molecule has 0 heterocycles. The van der Waals surface area contributed by atoms with Gasteiger partial charge in [-0.3, -0.25) is 0 Å². The van der Waals surface area contributed by atoms with Crippen molar-refractivity contribution in [3.8, 4) is 0 Å². The van der Waals surface area contributed by atoms with Crippen molar-refractivity contribution < 1.29 is 183 Å². The molecule has 0 amide bonds. The Balaban J connectivity index is 0. The first-order valence-corrected chi connectivity index (χ1v) is 0. The van der Waals surface area contributed by atoms with Gasteiger partial charge in [-0.1, -0.05) is 0 Å². The first-order valence-electron chi connectivity index (χ1n) is 0. The minimum absolute atomic E-state index is 0. The fourth-order valence-electron chi connectivity index (χ4n) is 0. The van der Waals surface area contributed by atoms with Gasteiger partial charge >= 0.3 is 0 Å². The number of hydrogen-bond acceptors (Lipinski definition) is 0. The Bertz CT molecular complexity index is 6.88. The van der Waals surface area contributed by atoms with Crippen LogP contribution in [-0.4, -0.2) is 0 Å². The van der Waals surface area contributed by atoms with Crippen LogP contribution >= 0.6 is 0 Å². The molecule has 69 valence electrons. The third-order valence-corrected chi connectivity index (χ3v) is 0. The minimum Gasteiger partial charge on any atom is 0 e. The van der Waals surface area contributed by atoms with E-state index in [1.807, 2.05) is 0 Å². The van der Waals surface area contributed by atoms with Gasteiger partial charge in [0.25, 0.3) is 0 Å². The van der Waals surface area contributed by atoms with Crippen LogP contribution in [0.2, 0.25) is 0 Å². The zero-order valence-corrected chi connectivity index (χ0v) is 16.5. The molecule has 0 rings (SSSR count). The Labute approximate surface area is 178 Å². The average molecular weight is 590 g/mol. The molecule has 0 N–H and O–H groups in total. The Morgan fingerprint density at radius 2 is 0.222 bits per heavy atom. The topological polar surface area (TPSA) is 0 Å². The maximum absolute atomic E-state index is 0. The molecule has 9 heavy (non-hydrogen) atoms. The quantitative estimate of drug-likeness (QED) is 0.373. The van der Waals surface area contributed by atoms with Gasteiger partial charge in [0.1, 0.15) is 0 Å². The summed E-state index contributed by atoms with van der Waals surface area (Å²) in [5.74, 6) is 0. The molecule has 9 radical (unpaired) electrons. The van der Waals surface area contributed by atoms with E-state index >= 15 is 0 Å². The summed E-state index contributed by atoms with van der Waals surface area (Å²) in [5, 5.41) is 0. The summed E-state index contributed by atoms with van der Waals surface area (Å²) in [6, 6.07) is 0. The zero-order valence-electron chi connectivity index (χ0n) is 3.49. The molecule has 0 spiro atoms. The summed E-state index contributed by atoms with van der Waals surface area (Å²) in [4.78, 5) is 0. The van der Waals surface area contributed by atoms with Crippen LogP contribution in [-0.2, 0) is 183 Å². The predicted octanol–water partition coefficient (Wildman–Crippen LogP) is -0.0225. The Hall–Kier alpha value is 5.75. The minimum atomic E-state index is 0. The van der Waals surface area contributed by atoms with Gasteiger partial charge in [-0.15, -0.1) is 0 Å². The summed E-state index contributed by atoms with van der Waals surface area (Å²) in [7, 11) is 0. The van der Waals surface area contributed by atoms with E-state index in [1.54, 1.807) is 0 Å². The van der Waals surface area contributed by atoms with Crippen molar-refractivity contribution in [1.82, 2.24) is 0 Å². The van der Waals surface area contributed by atoms with Crippen molar-refractivity contribution in [3.05, 3.63) is 0 Å². The van der Waals surface area contributed by atoms with E-state index < -0.39 is 0 Å². The van der Waals surface area contributed by atoms with Crippen molar-refractivity contribution in [1.29, 1.82) is 0 Å². The largest absolute Gasteiger partial charge is 0 e. The second kappa shape index (κ2) is 67.6. The molecule has 0 aliphatic carbocycles. The molecule has 0 aromatic heterocycles. The van der Waals surface area contributed by atoms with Crippen LogP contribution in [0.1, 0.15) is 0 Å². The molecule has 0 saturated heterocycles. The van der Waals surface area contributed by atoms with Gasteiger partial charge in [0.2, 0.25) is 0 Å². The van der Waals surface area contributed by atoms with E-state index in [9.17, 15) is 0 Å². The second-order valence-corrected chi connectivity index (χ2v) is 0. The van der Waals surface area contributed by atoms with Crippen molar-refractivity contribution >= 4 is 0 Å². The monoisotopic (exact) mass is 590 g/mol. The standard InChI is InChI=1S/7Co.2Y. The normalized spacial score (nSPS) is 0. The Morgan fingerprint density at radius 1 is 0.222 bits per heavy atom. The molecule has 0 saturated carbocycles. The van der Waals surface area contributed by atoms with Gasteiger partial charge in [0.15, 0.2) is 0 Å². The molecule has 0 bridgehead atoms. The number of hydrogen-bond donors (Lipinski definition) is 0. The van der Waals surface area contributed by atoms with E-state index in [4.69, 9.17) is 0 Å². The first kappa shape index (κ1) is 84.3. The van der Waals surface area contributed by atoms with E-state index in [-0.39, 0.29) is 183 Å². The fourth-order valence-corrected chi connectivity index (χ4v) is 0. The molecule has 0 aromatic carbocycles. The Kier molecular flexibility index (Phi) is 633. The molecule has 0 aromatic rings. The molecule has 0 unspecified atom stereocenters. The van der Waals surface area contributed by atoms with Crippen molar-refractivity contribution in [3.63, 3.8) is 0 Å². The van der Waals surface area contributed by atoms with Crippen LogP contribution in [0.5, 0.6) is 0 Å². The summed E-state index contributed by atoms with van der Waals surface area (Å²) in [6.07, 6.45) is 0. The van der Waals surface area contributed by atoms with E-state index in [0.717, 1.165) is 0 Å². The smallest absolute Gasteiger partial charge is 0 e. The van der Waals surface area contributed by atoms with Gasteiger partial charge in [0.05, 0.1) is 0 Å². The number of rotatable bonds is 0. The molecular weight excluding hydrogens is 590 g/mol. The van der Waals surface area contributed by atoms with Gasteiger partial charge in [0, 0.05) is 183 Å². The van der Waals surface area contributed by atoms with Crippen LogP contribution in [0, 0.1) is 0 Å². The molecule has 0 atom stereocenters. The fraction of sp³-hybridized carbons (Fsp3) is 0. The van der Waals surface area contributed by atoms with Crippen LogP contribution < -0.4 is 0 Å². The van der Waals surface area contributed by atoms with Gasteiger partial charge < -0.3 is 0 Å². The summed E-state index contributed by atoms with van der Waals surface area (Å²) >= 11 is 0. The second-order valence-electron chi connectivity index (χ2n) is 0. The maximum atomic E-state index is 0. The molecule has 0 aliphatic rings. The van der Waals surface area contributed by atoms with Crippen molar-refractivity contribution in [2.45, 2.75) is 0 Å². The van der Waals surface area contributed by atoms with E-state index in [0.29, 0.717) is 0 Å². The van der Waals surface area contributed by atoms with Gasteiger partial charge in [-0.25, -0.2) is 0 Å². The molecule has 0 nitrogen and oxygen atoms in total. The maximum Gasteiger partial charge on any atom is 0 e. The van der Waals surface area contributed by atoms with Crippen molar-refractivity contribution in [2.24, 2.45) is 0 Å². The van der Waals surface area contributed by atoms with Crippen LogP contribution in [0.15, 0.2) is 0 Å². The molecule has 0 aliphatic heterocycles. The SMILES string of the molecule is [Co].[Co].[Co].[Co].[Co].[Co].[Co].[Y].[Y]. The summed E-state index contributed by atoms with van der Waals surface area (Å²) in [6.45, 7) is 0. The first-order chi connectivity index (χ1) is 0. The summed E-state index contributed by atoms with van der Waals surface area (Å²) < 4.78 is 0. The van der Waals surface area contributed by atoms with Crippen LogP contribution in [0.25, 0.3) is 0 Å². The van der Waals surface area contributed by atoms with Crippen LogP contribution in [0.3, 0.4) is 0 Å². The third-order valence-electron chi connectivity index (χ3n) is 0. The predicted molar refractivity (Wildman–Crippen MR) is 0 cm³/mol. The summed E-state index contributed by atoms with van der Waals surface area (Å²) in [5.41, 5.74) is 0. The molecule has 0 fully saturated rings. The van der Waals surface area contributed by atoms with E-state index in [1.165, 1.54) is 0 Å². The van der Waals surface area contributed by atoms with E-state index in [2.05, 4.69) is 0 Å². The third kappa shape index (κ3) is 57.4. The molecular formula is Co7Y2. The van der Waals surface area contributed by atoms with Gasteiger partial charge in [-0.2, -0.15) is 0 Å². The van der Waals surface area contributed by atoms with Crippen LogP contribution in [0.4, 0.5) is 0 Å². The molecule has 9 heteroatoms. The zero-order chi connectivity index (χ0) is 0.